The van der Waals surface area contributed by atoms with Crippen LogP contribution < -0.4 is 31.3 Å². The van der Waals surface area contributed by atoms with E-state index in [1.165, 1.54) is 26.0 Å². The Labute approximate surface area is 565 Å². The van der Waals surface area contributed by atoms with Crippen molar-refractivity contribution in [2.24, 2.45) is 0 Å². The van der Waals surface area contributed by atoms with Gasteiger partial charge in [0.05, 0.1) is 51.8 Å². The number of nitrogens with one attached hydrogen (secondary N) is 5. The third kappa shape index (κ3) is 22.2. The molecule has 0 aliphatic carbocycles. The van der Waals surface area contributed by atoms with Crippen molar-refractivity contribution in [1.82, 2.24) is 26.6 Å². The zero-order valence-electron chi connectivity index (χ0n) is 55.4. The fraction of sp³-hybridized carbons (Fsp3) is 0.790. The number of aliphatic hydroxyl groups excluding tert-OH is 14. The first-order chi connectivity index (χ1) is 46.6. The molecule has 1 aromatic rings. The number of benzene rings is 1. The predicted molar refractivity (Wildman–Crippen MR) is 329 cm³/mol. The number of carbonyl (C=O) groups is 5. The molecule has 19 N–H and O–H groups in total. The smallest absolute Gasteiger partial charge is 0.251 e. The summed E-state index contributed by atoms with van der Waals surface area (Å²) in [6.45, 7) is 4.56. The summed E-state index contributed by atoms with van der Waals surface area (Å²) in [5, 5.41) is 166. The molecule has 36 heteroatoms. The number of aliphatic hydroxyl groups is 14. The van der Waals surface area contributed by atoms with E-state index in [4.69, 9.17) is 56.8 Å². The summed E-state index contributed by atoms with van der Waals surface area (Å²) in [6, 6.07) is -0.862. The van der Waals surface area contributed by atoms with Gasteiger partial charge in [-0.3, -0.25) is 24.0 Å². The summed E-state index contributed by atoms with van der Waals surface area (Å²) in [5.41, 5.74) is 0.0328. The van der Waals surface area contributed by atoms with Crippen LogP contribution in [0.3, 0.4) is 0 Å². The molecule has 5 aliphatic heterocycles. The summed E-state index contributed by atoms with van der Waals surface area (Å²) in [7, 11) is 0. The van der Waals surface area contributed by atoms with Crippen LogP contribution in [0.1, 0.15) is 104 Å². The van der Waals surface area contributed by atoms with Gasteiger partial charge in [0.1, 0.15) is 128 Å². The van der Waals surface area contributed by atoms with Gasteiger partial charge in [0.15, 0.2) is 37.7 Å². The molecule has 5 amide bonds. The standard InChI is InChI=1S/C62H99N5O31/c1-8-9-10-11-12-13-14-15-16-20-87-34-19-17-18-33(21-34)55(84)67-40-46(78)45(77)35(22-68)92-59(40)96-53-37(24-70)94-61(42(48(53)80)64-30(5)73)98-54-38(25-71)95-60(43(49(54)81)65-31(6)74)97-52-36(23-69)93-58(41(47(52)79)63-29(4)72)89-27(2)39(91-57(86)56(85)66-32(7)75)26-88-62-51(83)50(82)44(76)28(3)90-62/h17-19,21,27-28,35-54,56-62,68-71,76-83,85-86H,8-12,15-16,20,22-26H2,1-7H3,(H,63,72)(H,64,73)(H,65,74)(H,66,75)(H,67,84)/t27?,28?,35?,36-,37-,38?,39?,40-,41?,42?,43-,44?,45+,46+,47?,48?,49+,50-,51+,52+,53+,54?,56?,57?,58?,59?,60-,61-,62+/m0/s1. The van der Waals surface area contributed by atoms with Crippen molar-refractivity contribution < 1.29 is 152 Å². The van der Waals surface area contributed by atoms with Crippen molar-refractivity contribution in [3.63, 3.8) is 0 Å². The Morgan fingerprint density at radius 1 is 0.541 bits per heavy atom. The zero-order valence-corrected chi connectivity index (χ0v) is 55.4. The van der Waals surface area contributed by atoms with Gasteiger partial charge in [0, 0.05) is 46.1 Å². The highest BCUT2D eigenvalue weighted by atomic mass is 16.8. The highest BCUT2D eigenvalue weighted by Crippen LogP contribution is 2.36. The quantitative estimate of drug-likeness (QED) is 0.0177. The molecule has 98 heavy (non-hydrogen) atoms. The van der Waals surface area contributed by atoms with Crippen LogP contribution in [0.4, 0.5) is 0 Å². The lowest BCUT2D eigenvalue weighted by Gasteiger charge is -2.51. The lowest BCUT2D eigenvalue weighted by Crippen LogP contribution is -2.72. The maximum Gasteiger partial charge on any atom is 0.251 e. The normalized spacial score (nSPS) is 36.2. The van der Waals surface area contributed by atoms with Crippen molar-refractivity contribution >= 4 is 29.5 Å². The molecule has 5 aliphatic rings. The second-order valence-electron chi connectivity index (χ2n) is 24.5. The molecule has 5 fully saturated rings. The van der Waals surface area contributed by atoms with E-state index in [0.29, 0.717) is 18.6 Å². The van der Waals surface area contributed by atoms with Crippen LogP contribution in [0.15, 0.2) is 24.3 Å². The fourth-order valence-electron chi connectivity index (χ4n) is 11.6. The zero-order chi connectivity index (χ0) is 72.2. The Hall–Kier alpha value is -5.07. The van der Waals surface area contributed by atoms with Gasteiger partial charge in [-0.05, 0) is 44.9 Å². The Bertz CT molecular complexity index is 2720. The highest BCUT2D eigenvalue weighted by Gasteiger charge is 2.57. The first-order valence-corrected chi connectivity index (χ1v) is 32.6. The molecule has 0 radical (unpaired) electrons. The minimum atomic E-state index is -2.21. The Balaban J connectivity index is 1.19. The summed E-state index contributed by atoms with van der Waals surface area (Å²) in [5.74, 6) is 2.55. The number of amides is 5. The highest BCUT2D eigenvalue weighted by molar-refractivity contribution is 5.94. The van der Waals surface area contributed by atoms with Crippen LogP contribution in [-0.4, -0.2) is 319 Å². The molecule has 558 valence electrons. The van der Waals surface area contributed by atoms with Gasteiger partial charge in [-0.25, -0.2) is 0 Å². The van der Waals surface area contributed by atoms with E-state index in [-0.39, 0.29) is 12.2 Å². The van der Waals surface area contributed by atoms with Crippen LogP contribution in [0.25, 0.3) is 0 Å². The molecule has 5 heterocycles. The first kappa shape index (κ1) is 81.9. The third-order valence-corrected chi connectivity index (χ3v) is 16.9. The second-order valence-corrected chi connectivity index (χ2v) is 24.5. The molecule has 6 rings (SSSR count). The van der Waals surface area contributed by atoms with Crippen molar-refractivity contribution in [3.8, 4) is 17.6 Å². The van der Waals surface area contributed by atoms with Gasteiger partial charge >= 0.3 is 0 Å². The summed E-state index contributed by atoms with van der Waals surface area (Å²) in [4.78, 5) is 64.3. The molecule has 5 saturated heterocycles. The third-order valence-electron chi connectivity index (χ3n) is 16.9. The largest absolute Gasteiger partial charge is 0.494 e. The summed E-state index contributed by atoms with van der Waals surface area (Å²) < 4.78 is 71.6. The van der Waals surface area contributed by atoms with Crippen LogP contribution in [-0.2, 0) is 71.3 Å². The second kappa shape index (κ2) is 39.4. The minimum Gasteiger partial charge on any atom is -0.494 e. The van der Waals surface area contributed by atoms with Crippen molar-refractivity contribution in [1.29, 1.82) is 0 Å². The number of carbonyl (C=O) groups excluding carboxylic acids is 5. The lowest BCUT2D eigenvalue weighted by atomic mass is 9.93. The maximum atomic E-state index is 13.9. The van der Waals surface area contributed by atoms with Crippen molar-refractivity contribution in [3.05, 3.63) is 29.8 Å². The van der Waals surface area contributed by atoms with Crippen molar-refractivity contribution in [2.45, 2.75) is 271 Å². The van der Waals surface area contributed by atoms with E-state index in [2.05, 4.69) is 40.0 Å². The molecule has 29 atom stereocenters. The Morgan fingerprint density at radius 3 is 1.51 bits per heavy atom. The molecule has 0 saturated carbocycles. The summed E-state index contributed by atoms with van der Waals surface area (Å²) >= 11 is 0. The van der Waals surface area contributed by atoms with Crippen LogP contribution in [0, 0.1) is 11.8 Å². The minimum absolute atomic E-state index is 0.0328. The van der Waals surface area contributed by atoms with Gasteiger partial charge in [-0.1, -0.05) is 32.3 Å². The number of hydrogen-bond donors (Lipinski definition) is 19. The number of unbranched alkanes of at least 4 members (excludes halogenated alkanes) is 5. The molecule has 36 nitrogen and oxygen atoms in total. The Morgan fingerprint density at radius 2 is 1.02 bits per heavy atom. The van der Waals surface area contributed by atoms with E-state index < -0.39 is 241 Å². The van der Waals surface area contributed by atoms with E-state index in [9.17, 15) is 95.5 Å². The Kier molecular flexibility index (Phi) is 32.9. The number of rotatable bonds is 33. The molecule has 0 bridgehead atoms. The molecular weight excluding hydrogens is 1310 g/mol. The lowest BCUT2D eigenvalue weighted by molar-refractivity contribution is -0.364. The molecule has 0 spiro atoms. The molecule has 1 aromatic carbocycles. The predicted octanol–water partition coefficient (Wildman–Crippen LogP) is -7.33. The van der Waals surface area contributed by atoms with Gasteiger partial charge in [0.25, 0.3) is 5.91 Å². The first-order valence-electron chi connectivity index (χ1n) is 32.6. The average molecular weight is 1410 g/mol. The van der Waals surface area contributed by atoms with E-state index >= 15 is 0 Å². The van der Waals surface area contributed by atoms with Gasteiger partial charge in [-0.2, -0.15) is 0 Å². The number of hydrogen-bond acceptors (Lipinski definition) is 31. The number of ether oxygens (including phenoxy) is 12. The summed E-state index contributed by atoms with van der Waals surface area (Å²) in [6.07, 6.45) is -38.1. The fourth-order valence-corrected chi connectivity index (χ4v) is 11.6. The van der Waals surface area contributed by atoms with Crippen LogP contribution in [0.5, 0.6) is 5.75 Å². The van der Waals surface area contributed by atoms with Gasteiger partial charge in [-0.15, -0.1) is 11.8 Å². The van der Waals surface area contributed by atoms with Gasteiger partial charge < -0.3 is 155 Å². The van der Waals surface area contributed by atoms with Crippen LogP contribution >= 0.6 is 0 Å². The average Bonchev–Trinajstić information content (AvgIpc) is 0.785. The van der Waals surface area contributed by atoms with E-state index in [0.717, 1.165) is 59.8 Å². The monoisotopic (exact) mass is 1410 g/mol. The van der Waals surface area contributed by atoms with E-state index in [1.807, 2.05) is 5.32 Å². The molecular formula is C62H99N5O31. The van der Waals surface area contributed by atoms with Crippen LogP contribution in [0.2, 0.25) is 0 Å². The molecule has 0 aromatic heterocycles. The topological polar surface area (TPSA) is 539 Å². The van der Waals surface area contributed by atoms with E-state index in [1.54, 1.807) is 12.1 Å². The SMILES string of the molecule is CCCCCCC#CCCCOc1cccc(C(=O)N[C@@H]2C(O[C@H]3C(O)C(NC(C)=O)[C@H](OC4C(CO)O[C@@H](O[C@H]5C(O)C(NC(C)=O)C(OC(C)C(CO[C@@H]6OC(C)C(O)[C@H](O)[C@H]6O)OC(O)C(O)NC(C)=O)O[C@H]5CO)[C@@H](NC(C)=O)[C@H]4O)O[C@H]3CO)OC(CO)[C@@H](O)[C@@H]2O)c1. The van der Waals surface area contributed by atoms with Crippen molar-refractivity contribution in [2.75, 3.05) is 39.6 Å². The molecule has 15 unspecified atom stereocenters. The van der Waals surface area contributed by atoms with Gasteiger partial charge in [0.2, 0.25) is 29.9 Å². The maximum absolute atomic E-state index is 13.9.